The lowest BCUT2D eigenvalue weighted by Gasteiger charge is -2.37. The molecule has 1 unspecified atom stereocenters. The van der Waals surface area contributed by atoms with Crippen LogP contribution in [-0.2, 0) is 21.4 Å². The number of hydrazine groups is 1. The van der Waals surface area contributed by atoms with Gasteiger partial charge in [-0.15, -0.1) is 0 Å². The third kappa shape index (κ3) is 5.20. The van der Waals surface area contributed by atoms with Crippen molar-refractivity contribution in [2.45, 2.75) is 50.4 Å². The Morgan fingerprint density at radius 3 is 2.44 bits per heavy atom. The second-order valence-electron chi connectivity index (χ2n) is 8.48. The molecule has 0 spiro atoms. The molecular weight excluding hydrogens is 466 g/mol. The molecule has 184 valence electrons. The summed E-state index contributed by atoms with van der Waals surface area (Å²) in [5, 5.41) is -0.0317. The van der Waals surface area contributed by atoms with Crippen LogP contribution in [0.4, 0.5) is 13.6 Å². The van der Waals surface area contributed by atoms with E-state index in [-0.39, 0.29) is 23.7 Å². The molecule has 1 saturated heterocycles. The minimum Gasteiger partial charge on any atom is -0.350 e. The zero-order chi connectivity index (χ0) is 25.2. The molecule has 3 amide bonds. The average Bonchev–Trinajstić information content (AvgIpc) is 2.78. The van der Waals surface area contributed by atoms with Crippen LogP contribution in [0, 0.1) is 11.6 Å². The quantitative estimate of drug-likeness (QED) is 0.622. The molecule has 3 rings (SSSR count). The van der Waals surface area contributed by atoms with Gasteiger partial charge in [0.1, 0.15) is 16.9 Å². The lowest BCUT2D eigenvalue weighted by molar-refractivity contribution is -0.125. The van der Waals surface area contributed by atoms with Crippen molar-refractivity contribution in [2.75, 3.05) is 7.05 Å². The Kier molecular flexibility index (Phi) is 7.57. The SMILES string of the molecule is CC(C(=O)NN(C)C(N)=O)c1cc(F)c(CN2[C@@H](C)CC[C@H](c3ccccc3)S2(=O)=O)cc1F. The minimum absolute atomic E-state index is 0.132. The van der Waals surface area contributed by atoms with Crippen molar-refractivity contribution in [1.29, 1.82) is 0 Å². The molecular formula is C23H28F2N4O4S. The van der Waals surface area contributed by atoms with E-state index in [4.69, 9.17) is 5.73 Å². The van der Waals surface area contributed by atoms with E-state index in [1.54, 1.807) is 37.3 Å². The lowest BCUT2D eigenvalue weighted by atomic mass is 9.97. The van der Waals surface area contributed by atoms with Crippen LogP contribution in [0.25, 0.3) is 0 Å². The molecule has 34 heavy (non-hydrogen) atoms. The number of nitrogens with zero attached hydrogens (tertiary/aromatic N) is 2. The summed E-state index contributed by atoms with van der Waals surface area (Å²) in [6.07, 6.45) is 1.01. The summed E-state index contributed by atoms with van der Waals surface area (Å²) in [4.78, 5) is 23.4. The van der Waals surface area contributed by atoms with Crippen molar-refractivity contribution in [3.8, 4) is 0 Å². The van der Waals surface area contributed by atoms with Gasteiger partial charge in [0.15, 0.2) is 0 Å². The molecule has 0 aromatic heterocycles. The van der Waals surface area contributed by atoms with Crippen LogP contribution >= 0.6 is 0 Å². The molecule has 0 bridgehead atoms. The number of nitrogens with two attached hydrogens (primary N) is 1. The highest BCUT2D eigenvalue weighted by atomic mass is 32.2. The fourth-order valence-electron chi connectivity index (χ4n) is 4.03. The number of carbonyl (C=O) groups excluding carboxylic acids is 2. The molecule has 2 aromatic carbocycles. The molecule has 2 aromatic rings. The van der Waals surface area contributed by atoms with E-state index < -0.39 is 44.8 Å². The summed E-state index contributed by atoms with van der Waals surface area (Å²) >= 11 is 0. The van der Waals surface area contributed by atoms with E-state index in [9.17, 15) is 26.8 Å². The number of rotatable bonds is 5. The molecule has 11 heteroatoms. The van der Waals surface area contributed by atoms with Gasteiger partial charge in [0.2, 0.25) is 15.9 Å². The molecule has 0 aliphatic carbocycles. The summed E-state index contributed by atoms with van der Waals surface area (Å²) in [5.74, 6) is -3.58. The third-order valence-electron chi connectivity index (χ3n) is 6.16. The van der Waals surface area contributed by atoms with Crippen molar-refractivity contribution in [2.24, 2.45) is 5.73 Å². The number of carbonyl (C=O) groups is 2. The fraction of sp³-hybridized carbons (Fsp3) is 0.391. The van der Waals surface area contributed by atoms with E-state index in [0.717, 1.165) is 17.1 Å². The van der Waals surface area contributed by atoms with Crippen molar-refractivity contribution in [3.63, 3.8) is 0 Å². The highest BCUT2D eigenvalue weighted by Crippen LogP contribution is 2.38. The van der Waals surface area contributed by atoms with E-state index in [0.29, 0.717) is 18.4 Å². The standard InChI is InChI=1S/C23H28F2N4O4S/c1-14-9-10-21(16-7-5-4-6-8-16)34(32,33)29(14)13-17-11-20(25)18(12-19(17)24)15(2)22(30)27-28(3)23(26)31/h4-8,11-12,14-15,21H,9-10,13H2,1-3H3,(H2,26,31)(H,27,30)/t14-,15?,21+/m0/s1. The third-order valence-corrected chi connectivity index (χ3v) is 8.53. The highest BCUT2D eigenvalue weighted by Gasteiger charge is 2.40. The smallest absolute Gasteiger partial charge is 0.333 e. The van der Waals surface area contributed by atoms with Crippen LogP contribution in [0.1, 0.15) is 54.5 Å². The molecule has 0 radical (unpaired) electrons. The lowest BCUT2D eigenvalue weighted by Crippen LogP contribution is -2.47. The first kappa shape index (κ1) is 25.6. The predicted molar refractivity (Wildman–Crippen MR) is 123 cm³/mol. The molecule has 0 saturated carbocycles. The van der Waals surface area contributed by atoms with Gasteiger partial charge >= 0.3 is 6.03 Å². The Morgan fingerprint density at radius 1 is 1.18 bits per heavy atom. The molecule has 1 aliphatic heterocycles. The molecule has 1 fully saturated rings. The Morgan fingerprint density at radius 2 is 1.82 bits per heavy atom. The fourth-order valence-corrected chi connectivity index (χ4v) is 6.22. The van der Waals surface area contributed by atoms with Gasteiger partial charge < -0.3 is 5.73 Å². The largest absolute Gasteiger partial charge is 0.350 e. The number of benzene rings is 2. The maximum absolute atomic E-state index is 15.0. The van der Waals surface area contributed by atoms with Crippen molar-refractivity contribution in [1.82, 2.24) is 14.7 Å². The van der Waals surface area contributed by atoms with Gasteiger partial charge in [-0.3, -0.25) is 10.2 Å². The second kappa shape index (κ2) is 10.1. The van der Waals surface area contributed by atoms with Gasteiger partial charge in [-0.1, -0.05) is 30.3 Å². The van der Waals surface area contributed by atoms with Crippen LogP contribution in [-0.4, -0.2) is 42.8 Å². The summed E-state index contributed by atoms with van der Waals surface area (Å²) in [6, 6.07) is 9.30. The monoisotopic (exact) mass is 494 g/mol. The van der Waals surface area contributed by atoms with Crippen LogP contribution in [0.5, 0.6) is 0 Å². The van der Waals surface area contributed by atoms with Crippen LogP contribution in [0.2, 0.25) is 0 Å². The number of halogens is 2. The van der Waals surface area contributed by atoms with Gasteiger partial charge in [0.05, 0.1) is 5.92 Å². The Labute approximate surface area is 197 Å². The Bertz CT molecular complexity index is 1180. The van der Waals surface area contributed by atoms with Gasteiger partial charge in [-0.05, 0) is 44.4 Å². The average molecular weight is 495 g/mol. The van der Waals surface area contributed by atoms with Crippen LogP contribution in [0.15, 0.2) is 42.5 Å². The number of hydrogen-bond acceptors (Lipinski definition) is 4. The molecule has 3 N–H and O–H groups in total. The summed E-state index contributed by atoms with van der Waals surface area (Å²) in [7, 11) is -2.61. The highest BCUT2D eigenvalue weighted by molar-refractivity contribution is 7.89. The Hall–Kier alpha value is -3.05. The number of amides is 3. The number of primary amides is 1. The van der Waals surface area contributed by atoms with Crippen molar-refractivity contribution in [3.05, 3.63) is 70.8 Å². The van der Waals surface area contributed by atoms with Gasteiger partial charge in [-0.25, -0.2) is 27.0 Å². The molecule has 8 nitrogen and oxygen atoms in total. The maximum atomic E-state index is 15.0. The van der Waals surface area contributed by atoms with E-state index >= 15 is 0 Å². The van der Waals surface area contributed by atoms with Crippen molar-refractivity contribution < 1.29 is 26.8 Å². The topological polar surface area (TPSA) is 113 Å². The van der Waals surface area contributed by atoms with E-state index in [1.165, 1.54) is 18.3 Å². The zero-order valence-corrected chi connectivity index (χ0v) is 20.0. The first-order valence-corrected chi connectivity index (χ1v) is 12.3. The first-order valence-electron chi connectivity index (χ1n) is 10.8. The predicted octanol–water partition coefficient (Wildman–Crippen LogP) is 3.17. The second-order valence-corrected chi connectivity index (χ2v) is 10.5. The first-order chi connectivity index (χ1) is 15.9. The van der Waals surface area contributed by atoms with Crippen LogP contribution < -0.4 is 11.2 Å². The molecule has 1 aliphatic rings. The zero-order valence-electron chi connectivity index (χ0n) is 19.2. The van der Waals surface area contributed by atoms with E-state index in [1.807, 2.05) is 0 Å². The van der Waals surface area contributed by atoms with Gasteiger partial charge in [-0.2, -0.15) is 4.31 Å². The van der Waals surface area contributed by atoms with Crippen molar-refractivity contribution >= 4 is 22.0 Å². The number of nitrogens with one attached hydrogen (secondary N) is 1. The Balaban J connectivity index is 1.86. The molecule has 3 atom stereocenters. The van der Waals surface area contributed by atoms with Gasteiger partial charge in [0.25, 0.3) is 0 Å². The van der Waals surface area contributed by atoms with Gasteiger partial charge in [0, 0.05) is 30.8 Å². The van der Waals surface area contributed by atoms with Crippen LogP contribution in [0.3, 0.4) is 0 Å². The number of sulfonamides is 1. The normalized spacial score (nSPS) is 21.0. The summed E-state index contributed by atoms with van der Waals surface area (Å²) in [6.45, 7) is 2.76. The summed E-state index contributed by atoms with van der Waals surface area (Å²) in [5.41, 5.74) is 7.53. The maximum Gasteiger partial charge on any atom is 0.333 e. The van der Waals surface area contributed by atoms with E-state index in [2.05, 4.69) is 5.43 Å². The molecule has 1 heterocycles. The number of hydrogen-bond donors (Lipinski definition) is 2. The number of urea groups is 1. The summed E-state index contributed by atoms with van der Waals surface area (Å²) < 4.78 is 57.8. The minimum atomic E-state index is -3.83.